The van der Waals surface area contributed by atoms with Crippen LogP contribution < -0.4 is 15.4 Å². The molecule has 0 atom stereocenters. The average molecular weight is 237 g/mol. The van der Waals surface area contributed by atoms with Gasteiger partial charge in [-0.2, -0.15) is 0 Å². The van der Waals surface area contributed by atoms with Gasteiger partial charge in [0, 0.05) is 6.20 Å². The predicted molar refractivity (Wildman–Crippen MR) is 67.2 cm³/mol. The highest BCUT2D eigenvalue weighted by Crippen LogP contribution is 2.21. The Labute approximate surface area is 102 Å². The lowest BCUT2D eigenvalue weighted by molar-refractivity contribution is -0.121. The maximum absolute atomic E-state index is 12.0. The molecule has 0 bridgehead atoms. The van der Waals surface area contributed by atoms with Crippen molar-refractivity contribution in [3.8, 4) is 5.88 Å². The first kappa shape index (κ1) is 13.4. The summed E-state index contributed by atoms with van der Waals surface area (Å²) in [6.45, 7) is 6.34. The fourth-order valence-corrected chi connectivity index (χ4v) is 1.45. The number of rotatable bonds is 5. The number of amides is 1. The summed E-state index contributed by atoms with van der Waals surface area (Å²) in [6, 6.07) is 3.50. The normalized spacial score (nSPS) is 11.1. The second kappa shape index (κ2) is 5.63. The number of hydrogen-bond acceptors (Lipinski definition) is 4. The molecule has 0 aromatic carbocycles. The van der Waals surface area contributed by atoms with Gasteiger partial charge in [0.05, 0.1) is 12.6 Å². The summed E-state index contributed by atoms with van der Waals surface area (Å²) in [5, 5.41) is 5.90. The van der Waals surface area contributed by atoms with E-state index in [1.807, 2.05) is 20.8 Å². The van der Waals surface area contributed by atoms with Gasteiger partial charge in [-0.15, -0.1) is 0 Å². The van der Waals surface area contributed by atoms with Gasteiger partial charge in [-0.3, -0.25) is 4.79 Å². The standard InChI is InChI=1S/C12H19N3O2/c1-5-14-12(2,3)11(16)15-9-7-6-8-13-10(9)17-4/h6-8,14H,5H2,1-4H3,(H,15,16). The van der Waals surface area contributed by atoms with Crippen molar-refractivity contribution in [2.24, 2.45) is 0 Å². The van der Waals surface area contributed by atoms with Gasteiger partial charge in [0.2, 0.25) is 11.8 Å². The molecule has 0 unspecified atom stereocenters. The topological polar surface area (TPSA) is 63.2 Å². The Bertz CT molecular complexity index is 391. The number of carbonyl (C=O) groups excluding carboxylic acids is 1. The Morgan fingerprint density at radius 1 is 1.53 bits per heavy atom. The fraction of sp³-hybridized carbons (Fsp3) is 0.500. The second-order valence-electron chi connectivity index (χ2n) is 4.17. The monoisotopic (exact) mass is 237 g/mol. The highest BCUT2D eigenvalue weighted by molar-refractivity contribution is 5.98. The van der Waals surface area contributed by atoms with Crippen molar-refractivity contribution >= 4 is 11.6 Å². The lowest BCUT2D eigenvalue weighted by Crippen LogP contribution is -2.49. The molecule has 17 heavy (non-hydrogen) atoms. The van der Waals surface area contributed by atoms with Crippen LogP contribution in [0.25, 0.3) is 0 Å². The predicted octanol–water partition coefficient (Wildman–Crippen LogP) is 1.42. The molecule has 94 valence electrons. The molecule has 1 aromatic rings. The number of pyridine rings is 1. The van der Waals surface area contributed by atoms with Gasteiger partial charge in [0.1, 0.15) is 5.69 Å². The number of hydrogen-bond donors (Lipinski definition) is 2. The van der Waals surface area contributed by atoms with E-state index >= 15 is 0 Å². The molecule has 5 nitrogen and oxygen atoms in total. The van der Waals surface area contributed by atoms with E-state index < -0.39 is 5.54 Å². The van der Waals surface area contributed by atoms with Crippen molar-refractivity contribution in [3.63, 3.8) is 0 Å². The Hall–Kier alpha value is -1.62. The van der Waals surface area contributed by atoms with E-state index in [2.05, 4.69) is 15.6 Å². The maximum atomic E-state index is 12.0. The summed E-state index contributed by atoms with van der Waals surface area (Å²) < 4.78 is 5.07. The third kappa shape index (κ3) is 3.42. The van der Waals surface area contributed by atoms with E-state index in [1.54, 1.807) is 18.3 Å². The average Bonchev–Trinajstić information content (AvgIpc) is 2.29. The summed E-state index contributed by atoms with van der Waals surface area (Å²) in [5.41, 5.74) is -0.0544. The Kier molecular flexibility index (Phi) is 4.45. The van der Waals surface area contributed by atoms with Gasteiger partial charge >= 0.3 is 0 Å². The number of ether oxygens (including phenoxy) is 1. The quantitative estimate of drug-likeness (QED) is 0.813. The lowest BCUT2D eigenvalue weighted by Gasteiger charge is -2.24. The first-order valence-corrected chi connectivity index (χ1v) is 5.56. The third-order valence-electron chi connectivity index (χ3n) is 2.40. The molecule has 0 aliphatic rings. The number of likely N-dealkylation sites (N-methyl/N-ethyl adjacent to an activating group) is 1. The van der Waals surface area contributed by atoms with Crippen LogP contribution >= 0.6 is 0 Å². The highest BCUT2D eigenvalue weighted by Gasteiger charge is 2.26. The summed E-state index contributed by atoms with van der Waals surface area (Å²) in [7, 11) is 1.52. The van der Waals surface area contributed by atoms with Crippen molar-refractivity contribution in [2.45, 2.75) is 26.3 Å². The first-order valence-electron chi connectivity index (χ1n) is 5.56. The first-order chi connectivity index (χ1) is 8.01. The summed E-state index contributed by atoms with van der Waals surface area (Å²) >= 11 is 0. The van der Waals surface area contributed by atoms with Gasteiger partial charge in [0.15, 0.2) is 0 Å². The number of nitrogens with one attached hydrogen (secondary N) is 2. The fourth-order valence-electron chi connectivity index (χ4n) is 1.45. The van der Waals surface area contributed by atoms with Crippen molar-refractivity contribution in [1.82, 2.24) is 10.3 Å². The van der Waals surface area contributed by atoms with Crippen molar-refractivity contribution in [3.05, 3.63) is 18.3 Å². The van der Waals surface area contributed by atoms with Crippen LogP contribution in [0.15, 0.2) is 18.3 Å². The minimum atomic E-state index is -0.629. The molecule has 1 heterocycles. The van der Waals surface area contributed by atoms with Gasteiger partial charge in [-0.25, -0.2) is 4.98 Å². The second-order valence-corrected chi connectivity index (χ2v) is 4.17. The SMILES string of the molecule is CCNC(C)(C)C(=O)Nc1cccnc1OC. The van der Waals surface area contributed by atoms with Crippen LogP contribution in [0.2, 0.25) is 0 Å². The zero-order chi connectivity index (χ0) is 12.9. The number of nitrogens with zero attached hydrogens (tertiary/aromatic N) is 1. The molecule has 0 fully saturated rings. The molecular weight excluding hydrogens is 218 g/mol. The number of anilines is 1. The molecule has 0 radical (unpaired) electrons. The molecule has 5 heteroatoms. The van der Waals surface area contributed by atoms with Crippen LogP contribution in [-0.4, -0.2) is 30.1 Å². The minimum Gasteiger partial charge on any atom is -0.480 e. The number of carbonyl (C=O) groups is 1. The molecule has 1 rings (SSSR count). The molecule has 0 spiro atoms. The van der Waals surface area contributed by atoms with Gasteiger partial charge in [-0.1, -0.05) is 6.92 Å². The molecule has 1 aromatic heterocycles. The van der Waals surface area contributed by atoms with Crippen molar-refractivity contribution < 1.29 is 9.53 Å². The zero-order valence-corrected chi connectivity index (χ0v) is 10.7. The lowest BCUT2D eigenvalue weighted by atomic mass is 10.0. The van der Waals surface area contributed by atoms with Crippen LogP contribution in [0.1, 0.15) is 20.8 Å². The van der Waals surface area contributed by atoms with Crippen LogP contribution in [0.4, 0.5) is 5.69 Å². The van der Waals surface area contributed by atoms with Gasteiger partial charge in [-0.05, 0) is 32.5 Å². The van der Waals surface area contributed by atoms with Gasteiger partial charge < -0.3 is 15.4 Å². The van der Waals surface area contributed by atoms with Crippen LogP contribution in [0, 0.1) is 0 Å². The molecule has 2 N–H and O–H groups in total. The molecule has 0 aliphatic carbocycles. The van der Waals surface area contributed by atoms with E-state index in [-0.39, 0.29) is 5.91 Å². The van der Waals surface area contributed by atoms with E-state index in [4.69, 9.17) is 4.74 Å². The van der Waals surface area contributed by atoms with Crippen LogP contribution in [0.5, 0.6) is 5.88 Å². The Morgan fingerprint density at radius 2 is 2.24 bits per heavy atom. The molecule has 0 aliphatic heterocycles. The smallest absolute Gasteiger partial charge is 0.244 e. The Morgan fingerprint density at radius 3 is 2.82 bits per heavy atom. The van der Waals surface area contributed by atoms with E-state index in [9.17, 15) is 4.79 Å². The Balaban J connectivity index is 2.80. The summed E-state index contributed by atoms with van der Waals surface area (Å²) in [6.07, 6.45) is 1.62. The van der Waals surface area contributed by atoms with E-state index in [0.717, 1.165) is 6.54 Å². The summed E-state index contributed by atoms with van der Waals surface area (Å²) in [4.78, 5) is 16.1. The molecule has 0 saturated carbocycles. The van der Waals surface area contributed by atoms with E-state index in [1.165, 1.54) is 7.11 Å². The molecular formula is C12H19N3O2. The summed E-state index contributed by atoms with van der Waals surface area (Å²) in [5.74, 6) is 0.291. The van der Waals surface area contributed by atoms with E-state index in [0.29, 0.717) is 11.6 Å². The zero-order valence-electron chi connectivity index (χ0n) is 10.7. The third-order valence-corrected chi connectivity index (χ3v) is 2.40. The van der Waals surface area contributed by atoms with Crippen LogP contribution in [-0.2, 0) is 4.79 Å². The molecule has 0 saturated heterocycles. The highest BCUT2D eigenvalue weighted by atomic mass is 16.5. The number of methoxy groups -OCH3 is 1. The maximum Gasteiger partial charge on any atom is 0.244 e. The van der Waals surface area contributed by atoms with Crippen molar-refractivity contribution in [1.29, 1.82) is 0 Å². The minimum absolute atomic E-state index is 0.120. The largest absolute Gasteiger partial charge is 0.480 e. The van der Waals surface area contributed by atoms with Crippen molar-refractivity contribution in [2.75, 3.05) is 19.0 Å². The van der Waals surface area contributed by atoms with Gasteiger partial charge in [0.25, 0.3) is 0 Å². The number of aromatic nitrogens is 1. The van der Waals surface area contributed by atoms with Crippen LogP contribution in [0.3, 0.4) is 0 Å². The molecule has 1 amide bonds.